The van der Waals surface area contributed by atoms with Crippen LogP contribution < -0.4 is 5.32 Å². The number of fused-ring (bicyclic) bond motifs is 2. The fraction of sp³-hybridized carbons (Fsp3) is 0.161. The van der Waals surface area contributed by atoms with Crippen molar-refractivity contribution < 1.29 is 0 Å². The van der Waals surface area contributed by atoms with Gasteiger partial charge in [0, 0.05) is 38.2 Å². The molecule has 0 spiro atoms. The number of anilines is 1. The van der Waals surface area contributed by atoms with Crippen molar-refractivity contribution in [2.45, 2.75) is 33.1 Å². The minimum atomic E-state index is 0.707. The first-order valence-corrected chi connectivity index (χ1v) is 13.8. The summed E-state index contributed by atoms with van der Waals surface area (Å²) in [4.78, 5) is 19.9. The molecule has 8 heteroatoms. The van der Waals surface area contributed by atoms with Gasteiger partial charge in [0.05, 0.1) is 40.3 Å². The molecule has 0 saturated heterocycles. The number of aromatic nitrogens is 6. The van der Waals surface area contributed by atoms with E-state index in [1.54, 1.807) is 23.7 Å². The van der Waals surface area contributed by atoms with E-state index in [1.807, 2.05) is 31.3 Å². The van der Waals surface area contributed by atoms with Gasteiger partial charge >= 0.3 is 0 Å². The summed E-state index contributed by atoms with van der Waals surface area (Å²) in [6.07, 6.45) is 8.60. The van der Waals surface area contributed by atoms with Crippen molar-refractivity contribution in [3.05, 3.63) is 84.8 Å². The largest absolute Gasteiger partial charge is 0.358 e. The number of para-hydroxylation sites is 1. The van der Waals surface area contributed by atoms with Crippen LogP contribution in [0.15, 0.2) is 79.9 Å². The van der Waals surface area contributed by atoms with Gasteiger partial charge in [-0.3, -0.25) is 15.1 Å². The van der Waals surface area contributed by atoms with E-state index in [0.717, 1.165) is 85.5 Å². The van der Waals surface area contributed by atoms with E-state index in [2.05, 4.69) is 74.8 Å². The van der Waals surface area contributed by atoms with Crippen molar-refractivity contribution in [2.24, 2.45) is 0 Å². The van der Waals surface area contributed by atoms with E-state index in [1.165, 1.54) is 4.88 Å². The number of pyridine rings is 2. The first kappa shape index (κ1) is 24.8. The number of thiophene rings is 1. The van der Waals surface area contributed by atoms with Crippen molar-refractivity contribution in [2.75, 3.05) is 5.32 Å². The second-order valence-electron chi connectivity index (χ2n) is 9.71. The number of unbranched alkanes of at least 4 members (excludes halogenated alkanes) is 1. The topological polar surface area (TPSA) is 95.2 Å². The zero-order valence-electron chi connectivity index (χ0n) is 22.0. The molecule has 0 fully saturated rings. The second kappa shape index (κ2) is 10.3. The summed E-state index contributed by atoms with van der Waals surface area (Å²) in [5.74, 6) is 0.707. The van der Waals surface area contributed by atoms with Gasteiger partial charge in [0.25, 0.3) is 0 Å². The number of hydrogen-bond acceptors (Lipinski definition) is 6. The maximum Gasteiger partial charge on any atom is 0.159 e. The zero-order chi connectivity index (χ0) is 26.9. The Kier molecular flexibility index (Phi) is 6.54. The monoisotopic (exact) mass is 531 g/mol. The summed E-state index contributed by atoms with van der Waals surface area (Å²) < 4.78 is 0. The number of H-pyrrole nitrogens is 2. The number of rotatable bonds is 9. The van der Waals surface area contributed by atoms with E-state index < -0.39 is 0 Å². The molecule has 0 aliphatic heterocycles. The second-order valence-corrected chi connectivity index (χ2v) is 10.8. The Labute approximate surface area is 230 Å². The molecule has 0 aliphatic carbocycles. The number of hydrogen-bond donors (Lipinski definition) is 3. The fourth-order valence-corrected chi connectivity index (χ4v) is 5.57. The van der Waals surface area contributed by atoms with Crippen molar-refractivity contribution in [1.82, 2.24) is 30.1 Å². The highest BCUT2D eigenvalue weighted by Crippen LogP contribution is 2.36. The van der Waals surface area contributed by atoms with Crippen molar-refractivity contribution in [1.29, 1.82) is 0 Å². The first-order valence-electron chi connectivity index (χ1n) is 13.0. The van der Waals surface area contributed by atoms with Gasteiger partial charge in [0.2, 0.25) is 0 Å². The minimum absolute atomic E-state index is 0.707. The average Bonchev–Trinajstić information content (AvgIpc) is 3.69. The maximum absolute atomic E-state index is 5.00. The van der Waals surface area contributed by atoms with E-state index in [4.69, 9.17) is 4.98 Å². The number of allylic oxidation sites excluding steroid dienone is 2. The average molecular weight is 532 g/mol. The normalized spacial score (nSPS) is 11.3. The first-order chi connectivity index (χ1) is 19.0. The standard InChI is InChI=1S/C31H29N7S/c1-5-6-8-19(4)34-21-13-20(15-32-16-21)25-14-23-26(17-33-25)37-38-30(23)31-35-24-10-7-9-22(29(24)36-31)28-12-11-27(39-28)18(2)3/h7,9-17,34H,2,4-6,8H2,1,3H3,(H,35,36)(H,37,38). The molecule has 0 radical (unpaired) electrons. The van der Waals surface area contributed by atoms with E-state index >= 15 is 0 Å². The molecule has 6 rings (SSSR count). The van der Waals surface area contributed by atoms with E-state index in [0.29, 0.717) is 5.82 Å². The molecule has 0 unspecified atom stereocenters. The fourth-order valence-electron chi connectivity index (χ4n) is 4.62. The molecule has 0 amide bonds. The highest BCUT2D eigenvalue weighted by atomic mass is 32.1. The summed E-state index contributed by atoms with van der Waals surface area (Å²) in [6, 6.07) is 14.5. The number of aromatic amines is 2. The van der Waals surface area contributed by atoms with Crippen LogP contribution in [0.5, 0.6) is 0 Å². The Bertz CT molecular complexity index is 1840. The smallest absolute Gasteiger partial charge is 0.159 e. The molecule has 1 aromatic carbocycles. The Morgan fingerprint density at radius 2 is 1.95 bits per heavy atom. The highest BCUT2D eigenvalue weighted by Gasteiger charge is 2.17. The third kappa shape index (κ3) is 4.86. The van der Waals surface area contributed by atoms with Crippen LogP contribution in [-0.2, 0) is 0 Å². The van der Waals surface area contributed by atoms with Gasteiger partial charge in [-0.15, -0.1) is 11.3 Å². The molecule has 0 saturated carbocycles. The molecular formula is C31H29N7S. The quantitative estimate of drug-likeness (QED) is 0.174. The Morgan fingerprint density at radius 1 is 1.05 bits per heavy atom. The van der Waals surface area contributed by atoms with Gasteiger partial charge in [-0.1, -0.05) is 38.6 Å². The van der Waals surface area contributed by atoms with Crippen LogP contribution in [0, 0.1) is 0 Å². The minimum Gasteiger partial charge on any atom is -0.358 e. The van der Waals surface area contributed by atoms with Gasteiger partial charge in [0.1, 0.15) is 5.69 Å². The van der Waals surface area contributed by atoms with Gasteiger partial charge in [-0.2, -0.15) is 5.10 Å². The van der Waals surface area contributed by atoms with Gasteiger partial charge in [0.15, 0.2) is 5.82 Å². The highest BCUT2D eigenvalue weighted by molar-refractivity contribution is 7.16. The van der Waals surface area contributed by atoms with Crippen LogP contribution >= 0.6 is 11.3 Å². The maximum atomic E-state index is 5.00. The van der Waals surface area contributed by atoms with E-state index in [9.17, 15) is 0 Å². The van der Waals surface area contributed by atoms with Crippen LogP contribution in [0.25, 0.3) is 60.7 Å². The van der Waals surface area contributed by atoms with Crippen LogP contribution in [0.4, 0.5) is 5.69 Å². The Hall–Kier alpha value is -4.56. The molecular weight excluding hydrogens is 502 g/mol. The molecule has 0 atom stereocenters. The lowest BCUT2D eigenvalue weighted by atomic mass is 10.1. The Balaban J connectivity index is 1.36. The number of nitrogens with one attached hydrogen (secondary N) is 3. The summed E-state index contributed by atoms with van der Waals surface area (Å²) in [5, 5.41) is 12.0. The van der Waals surface area contributed by atoms with Crippen LogP contribution in [-0.4, -0.2) is 30.1 Å². The molecule has 39 heavy (non-hydrogen) atoms. The third-order valence-electron chi connectivity index (χ3n) is 6.66. The lowest BCUT2D eigenvalue weighted by molar-refractivity contribution is 0.791. The zero-order valence-corrected chi connectivity index (χ0v) is 22.8. The number of nitrogens with zero attached hydrogens (tertiary/aromatic N) is 4. The van der Waals surface area contributed by atoms with Crippen molar-refractivity contribution in [3.63, 3.8) is 0 Å². The molecule has 7 nitrogen and oxygen atoms in total. The number of benzene rings is 1. The summed E-state index contributed by atoms with van der Waals surface area (Å²) in [7, 11) is 0. The molecule has 5 heterocycles. The van der Waals surface area contributed by atoms with Gasteiger partial charge in [-0.25, -0.2) is 4.98 Å². The molecule has 0 bridgehead atoms. The summed E-state index contributed by atoms with van der Waals surface area (Å²) in [6.45, 7) is 12.4. The predicted molar refractivity (Wildman–Crippen MR) is 163 cm³/mol. The molecule has 194 valence electrons. The lowest BCUT2D eigenvalue weighted by Crippen LogP contribution is -1.99. The SMILES string of the molecule is C=C(CCCC)Nc1cncc(-c2cc3c(-c4nc5c(-c6ccc(C(=C)C)s6)cccc5[nH]4)n[nH]c3cn2)c1. The Morgan fingerprint density at radius 3 is 2.77 bits per heavy atom. The summed E-state index contributed by atoms with van der Waals surface area (Å²) >= 11 is 1.73. The van der Waals surface area contributed by atoms with Crippen molar-refractivity contribution in [3.8, 4) is 33.2 Å². The number of imidazole rings is 1. The van der Waals surface area contributed by atoms with Gasteiger partial charge in [-0.05, 0) is 55.7 Å². The predicted octanol–water partition coefficient (Wildman–Crippen LogP) is 8.44. The lowest BCUT2D eigenvalue weighted by Gasteiger charge is -2.10. The van der Waals surface area contributed by atoms with Crippen molar-refractivity contribution >= 4 is 44.5 Å². The molecule has 3 N–H and O–H groups in total. The molecule has 0 aliphatic rings. The van der Waals surface area contributed by atoms with Crippen LogP contribution in [0.3, 0.4) is 0 Å². The molecule has 5 aromatic heterocycles. The van der Waals surface area contributed by atoms with Crippen LogP contribution in [0.2, 0.25) is 0 Å². The summed E-state index contributed by atoms with van der Waals surface area (Å²) in [5.41, 5.74) is 9.23. The van der Waals surface area contributed by atoms with E-state index in [-0.39, 0.29) is 0 Å². The van der Waals surface area contributed by atoms with Gasteiger partial charge < -0.3 is 10.3 Å². The third-order valence-corrected chi connectivity index (χ3v) is 7.94. The van der Waals surface area contributed by atoms with Crippen LogP contribution in [0.1, 0.15) is 38.0 Å². The molecule has 6 aromatic rings.